The summed E-state index contributed by atoms with van der Waals surface area (Å²) < 4.78 is 5.29. The van der Waals surface area contributed by atoms with E-state index in [4.69, 9.17) is 16.3 Å². The van der Waals surface area contributed by atoms with Crippen LogP contribution in [0.2, 0.25) is 5.02 Å². The average Bonchev–Trinajstić information content (AvgIpc) is 2.53. The molecule has 0 saturated heterocycles. The Morgan fingerprint density at radius 1 is 1.14 bits per heavy atom. The van der Waals surface area contributed by atoms with Gasteiger partial charge in [0.2, 0.25) is 0 Å². The van der Waals surface area contributed by atoms with Crippen LogP contribution in [-0.4, -0.2) is 17.2 Å². The Morgan fingerprint density at radius 2 is 1.95 bits per heavy atom. The molecule has 106 valence electrons. The summed E-state index contributed by atoms with van der Waals surface area (Å²) in [7, 11) is 1.56. The number of hydrogen-bond donors (Lipinski definition) is 1. The highest BCUT2D eigenvalue weighted by molar-refractivity contribution is 6.30. The Hall–Kier alpha value is -2.10. The molecule has 1 unspecified atom stereocenters. The van der Waals surface area contributed by atoms with E-state index in [2.05, 4.69) is 4.98 Å². The summed E-state index contributed by atoms with van der Waals surface area (Å²) in [6.45, 7) is 0. The molecule has 0 radical (unpaired) electrons. The number of hydrogen-bond acceptors (Lipinski definition) is 3. The van der Waals surface area contributed by atoms with Gasteiger partial charge < -0.3 is 9.84 Å². The molecule has 0 spiro atoms. The van der Waals surface area contributed by atoms with Crippen molar-refractivity contribution in [2.24, 2.45) is 0 Å². The third kappa shape index (κ3) is 2.71. The van der Waals surface area contributed by atoms with Gasteiger partial charge in [-0.1, -0.05) is 35.9 Å². The number of benzene rings is 2. The number of methoxy groups -OCH3 is 1. The second-order valence-corrected chi connectivity index (χ2v) is 5.19. The zero-order valence-electron chi connectivity index (χ0n) is 11.5. The van der Waals surface area contributed by atoms with Crippen molar-refractivity contribution in [2.45, 2.75) is 6.10 Å². The third-order valence-corrected chi connectivity index (χ3v) is 3.65. The highest BCUT2D eigenvalue weighted by Gasteiger charge is 2.16. The van der Waals surface area contributed by atoms with Gasteiger partial charge in [-0.3, -0.25) is 4.98 Å². The second-order valence-electron chi connectivity index (χ2n) is 4.75. The maximum atomic E-state index is 10.6. The Bertz CT molecular complexity index is 789. The zero-order chi connectivity index (χ0) is 14.8. The van der Waals surface area contributed by atoms with E-state index < -0.39 is 6.10 Å². The van der Waals surface area contributed by atoms with E-state index in [1.165, 1.54) is 0 Å². The van der Waals surface area contributed by atoms with Gasteiger partial charge in [-0.05, 0) is 24.3 Å². The smallest absolute Gasteiger partial charge is 0.126 e. The molecule has 1 atom stereocenters. The second kappa shape index (κ2) is 5.72. The summed E-state index contributed by atoms with van der Waals surface area (Å²) in [5.74, 6) is 0.558. The van der Waals surface area contributed by atoms with Crippen LogP contribution in [0.4, 0.5) is 0 Å². The fraction of sp³-hybridized carbons (Fsp3) is 0.118. The van der Waals surface area contributed by atoms with Crippen molar-refractivity contribution in [3.8, 4) is 5.75 Å². The maximum absolute atomic E-state index is 10.6. The molecule has 1 aromatic heterocycles. The number of ether oxygens (including phenoxy) is 1. The molecule has 21 heavy (non-hydrogen) atoms. The largest absolute Gasteiger partial charge is 0.496 e. The normalized spacial score (nSPS) is 12.3. The third-order valence-electron chi connectivity index (χ3n) is 3.42. The van der Waals surface area contributed by atoms with Gasteiger partial charge in [0, 0.05) is 27.7 Å². The number of rotatable bonds is 3. The van der Waals surface area contributed by atoms with Gasteiger partial charge in [-0.15, -0.1) is 0 Å². The number of para-hydroxylation sites is 1. The molecule has 0 aliphatic rings. The Labute approximate surface area is 127 Å². The molecule has 0 aliphatic carbocycles. The molecule has 0 saturated carbocycles. The van der Waals surface area contributed by atoms with Gasteiger partial charge in [-0.25, -0.2) is 0 Å². The van der Waals surface area contributed by atoms with E-state index in [-0.39, 0.29) is 0 Å². The number of aliphatic hydroxyl groups is 1. The number of fused-ring (bicyclic) bond motifs is 1. The monoisotopic (exact) mass is 299 g/mol. The SMILES string of the molecule is COc1cc(Cl)ccc1C(O)c1cnc2ccccc2c1. The first-order valence-electron chi connectivity index (χ1n) is 6.55. The minimum absolute atomic E-state index is 0.558. The lowest BCUT2D eigenvalue weighted by Crippen LogP contribution is -2.03. The van der Waals surface area contributed by atoms with E-state index in [0.717, 1.165) is 10.9 Å². The van der Waals surface area contributed by atoms with Crippen molar-refractivity contribution in [2.75, 3.05) is 7.11 Å². The fourth-order valence-electron chi connectivity index (χ4n) is 2.33. The first-order valence-corrected chi connectivity index (χ1v) is 6.93. The van der Waals surface area contributed by atoms with Crippen molar-refractivity contribution < 1.29 is 9.84 Å². The molecule has 1 heterocycles. The fourth-order valence-corrected chi connectivity index (χ4v) is 2.49. The van der Waals surface area contributed by atoms with Crippen molar-refractivity contribution in [1.82, 2.24) is 4.98 Å². The standard InChI is InChI=1S/C17H14ClNO2/c1-21-16-9-13(18)6-7-14(16)17(20)12-8-11-4-2-3-5-15(11)19-10-12/h2-10,17,20H,1H3. The Balaban J connectivity index is 2.05. The zero-order valence-corrected chi connectivity index (χ0v) is 12.2. The minimum atomic E-state index is -0.811. The molecule has 0 amide bonds. The van der Waals surface area contributed by atoms with Crippen LogP contribution in [0.15, 0.2) is 54.7 Å². The van der Waals surface area contributed by atoms with Crippen molar-refractivity contribution in [1.29, 1.82) is 0 Å². The Morgan fingerprint density at radius 3 is 2.76 bits per heavy atom. The summed E-state index contributed by atoms with van der Waals surface area (Å²) in [5.41, 5.74) is 2.28. The van der Waals surface area contributed by atoms with Crippen LogP contribution in [0, 0.1) is 0 Å². The average molecular weight is 300 g/mol. The first kappa shape index (κ1) is 13.9. The number of pyridine rings is 1. The van der Waals surface area contributed by atoms with E-state index in [0.29, 0.717) is 21.9 Å². The van der Waals surface area contributed by atoms with Crippen LogP contribution >= 0.6 is 11.6 Å². The summed E-state index contributed by atoms with van der Waals surface area (Å²) in [4.78, 5) is 4.37. The van der Waals surface area contributed by atoms with Crippen LogP contribution in [-0.2, 0) is 0 Å². The predicted octanol–water partition coefficient (Wildman–Crippen LogP) is 3.98. The molecular formula is C17H14ClNO2. The molecule has 1 N–H and O–H groups in total. The topological polar surface area (TPSA) is 42.4 Å². The van der Waals surface area contributed by atoms with Crippen molar-refractivity contribution >= 4 is 22.5 Å². The van der Waals surface area contributed by atoms with Crippen LogP contribution < -0.4 is 4.74 Å². The summed E-state index contributed by atoms with van der Waals surface area (Å²) in [5, 5.41) is 12.1. The molecular weight excluding hydrogens is 286 g/mol. The molecule has 0 fully saturated rings. The van der Waals surface area contributed by atoms with Gasteiger partial charge in [-0.2, -0.15) is 0 Å². The molecule has 0 bridgehead atoms. The van der Waals surface area contributed by atoms with Crippen LogP contribution in [0.3, 0.4) is 0 Å². The van der Waals surface area contributed by atoms with E-state index in [1.54, 1.807) is 31.5 Å². The lowest BCUT2D eigenvalue weighted by molar-refractivity contribution is 0.214. The minimum Gasteiger partial charge on any atom is -0.496 e. The molecule has 4 heteroatoms. The number of nitrogens with zero attached hydrogens (tertiary/aromatic N) is 1. The predicted molar refractivity (Wildman–Crippen MR) is 83.8 cm³/mol. The van der Waals surface area contributed by atoms with Gasteiger partial charge in [0.1, 0.15) is 11.9 Å². The molecule has 2 aromatic carbocycles. The number of aliphatic hydroxyl groups excluding tert-OH is 1. The maximum Gasteiger partial charge on any atom is 0.126 e. The van der Waals surface area contributed by atoms with E-state index >= 15 is 0 Å². The van der Waals surface area contributed by atoms with Gasteiger partial charge in [0.15, 0.2) is 0 Å². The highest BCUT2D eigenvalue weighted by Crippen LogP contribution is 2.32. The summed E-state index contributed by atoms with van der Waals surface area (Å²) in [6, 6.07) is 14.9. The quantitative estimate of drug-likeness (QED) is 0.795. The van der Waals surface area contributed by atoms with Crippen LogP contribution in [0.1, 0.15) is 17.2 Å². The van der Waals surface area contributed by atoms with Crippen LogP contribution in [0.25, 0.3) is 10.9 Å². The number of halogens is 1. The van der Waals surface area contributed by atoms with E-state index in [1.807, 2.05) is 30.3 Å². The molecule has 3 nitrogen and oxygen atoms in total. The van der Waals surface area contributed by atoms with Gasteiger partial charge >= 0.3 is 0 Å². The summed E-state index contributed by atoms with van der Waals surface area (Å²) >= 11 is 5.95. The Kier molecular flexibility index (Phi) is 3.78. The molecule has 0 aliphatic heterocycles. The van der Waals surface area contributed by atoms with Crippen molar-refractivity contribution in [3.63, 3.8) is 0 Å². The van der Waals surface area contributed by atoms with Gasteiger partial charge in [0.25, 0.3) is 0 Å². The lowest BCUT2D eigenvalue weighted by Gasteiger charge is -2.15. The summed E-state index contributed by atoms with van der Waals surface area (Å²) in [6.07, 6.45) is 0.871. The van der Waals surface area contributed by atoms with E-state index in [9.17, 15) is 5.11 Å². The number of aromatic nitrogens is 1. The highest BCUT2D eigenvalue weighted by atomic mass is 35.5. The first-order chi connectivity index (χ1) is 10.2. The molecule has 3 rings (SSSR count). The molecule has 3 aromatic rings. The van der Waals surface area contributed by atoms with Gasteiger partial charge in [0.05, 0.1) is 12.6 Å². The lowest BCUT2D eigenvalue weighted by atomic mass is 10.0. The van der Waals surface area contributed by atoms with Crippen molar-refractivity contribution in [3.05, 3.63) is 70.9 Å². The van der Waals surface area contributed by atoms with Crippen LogP contribution in [0.5, 0.6) is 5.75 Å².